The normalized spacial score (nSPS) is 10.6. The van der Waals surface area contributed by atoms with Crippen LogP contribution in [0.15, 0.2) is 41.3 Å². The predicted octanol–water partition coefficient (Wildman–Crippen LogP) is 4.52. The quantitative estimate of drug-likeness (QED) is 0.727. The van der Waals surface area contributed by atoms with Gasteiger partial charge in [-0.15, -0.1) is 23.1 Å². The van der Waals surface area contributed by atoms with E-state index in [1.165, 1.54) is 20.2 Å². The molecule has 0 atom stereocenters. The maximum Gasteiger partial charge on any atom is 0.148 e. The van der Waals surface area contributed by atoms with E-state index in [1.807, 2.05) is 6.07 Å². The highest BCUT2D eigenvalue weighted by molar-refractivity contribution is 8.00. The smallest absolute Gasteiger partial charge is 0.148 e. The van der Waals surface area contributed by atoms with Crippen molar-refractivity contribution in [1.82, 2.24) is 0 Å². The molecule has 1 heterocycles. The Bertz CT molecular complexity index is 557. The number of hydrogen-bond donors (Lipinski definition) is 0. The number of thioether (sulfide) groups is 1. The molecular formula is C16H18OS2. The molecule has 19 heavy (non-hydrogen) atoms. The summed E-state index contributed by atoms with van der Waals surface area (Å²) in [6.07, 6.45) is 1.63. The summed E-state index contributed by atoms with van der Waals surface area (Å²) in [6.45, 7) is 4.22. The summed E-state index contributed by atoms with van der Waals surface area (Å²) in [6, 6.07) is 12.5. The fourth-order valence-corrected chi connectivity index (χ4v) is 3.68. The lowest BCUT2D eigenvalue weighted by molar-refractivity contribution is -0.115. The number of carbonyl (C=O) groups excluding carboxylic acids is 1. The zero-order chi connectivity index (χ0) is 13.7. The second-order valence-corrected chi connectivity index (χ2v) is 6.84. The topological polar surface area (TPSA) is 17.1 Å². The van der Waals surface area contributed by atoms with Gasteiger partial charge in [0.25, 0.3) is 0 Å². The molecule has 0 aliphatic carbocycles. The highest BCUT2D eigenvalue weighted by Crippen LogP contribution is 2.21. The summed E-state index contributed by atoms with van der Waals surface area (Å²) in [5.74, 6) is 0.860. The minimum atomic E-state index is 0.302. The number of aryl methyl sites for hydroxylation is 2. The van der Waals surface area contributed by atoms with E-state index >= 15 is 0 Å². The standard InChI is InChI=1S/C16H18OS2/c1-3-14-7-8-16(19-14)10-13(17)11-18-15-6-4-5-12(2)9-15/h4-9H,3,10-11H2,1-2H3. The van der Waals surface area contributed by atoms with Crippen molar-refractivity contribution in [1.29, 1.82) is 0 Å². The molecule has 1 aromatic heterocycles. The van der Waals surface area contributed by atoms with Crippen LogP contribution in [0.4, 0.5) is 0 Å². The van der Waals surface area contributed by atoms with E-state index in [2.05, 4.69) is 44.2 Å². The zero-order valence-electron chi connectivity index (χ0n) is 11.3. The van der Waals surface area contributed by atoms with Gasteiger partial charge in [0.2, 0.25) is 0 Å². The molecule has 0 bridgehead atoms. The van der Waals surface area contributed by atoms with Gasteiger partial charge in [-0.2, -0.15) is 0 Å². The number of carbonyl (C=O) groups is 1. The molecule has 1 aromatic carbocycles. The number of hydrogen-bond acceptors (Lipinski definition) is 3. The third kappa shape index (κ3) is 4.51. The lowest BCUT2D eigenvalue weighted by Gasteiger charge is -2.01. The first-order valence-corrected chi connectivity index (χ1v) is 8.26. The van der Waals surface area contributed by atoms with Gasteiger partial charge in [0, 0.05) is 21.1 Å². The largest absolute Gasteiger partial charge is 0.298 e. The monoisotopic (exact) mass is 290 g/mol. The van der Waals surface area contributed by atoms with Gasteiger partial charge >= 0.3 is 0 Å². The summed E-state index contributed by atoms with van der Waals surface area (Å²) < 4.78 is 0. The first-order valence-electron chi connectivity index (χ1n) is 6.46. The van der Waals surface area contributed by atoms with Gasteiger partial charge in [-0.3, -0.25) is 4.79 Å². The van der Waals surface area contributed by atoms with Crippen LogP contribution in [-0.4, -0.2) is 11.5 Å². The average Bonchev–Trinajstić information content (AvgIpc) is 2.84. The van der Waals surface area contributed by atoms with Gasteiger partial charge in [-0.05, 0) is 37.6 Å². The maximum atomic E-state index is 12.0. The third-order valence-electron chi connectivity index (χ3n) is 2.83. The molecule has 0 radical (unpaired) electrons. The van der Waals surface area contributed by atoms with E-state index in [1.54, 1.807) is 23.1 Å². The molecule has 0 fully saturated rings. The van der Waals surface area contributed by atoms with Gasteiger partial charge in [-0.1, -0.05) is 24.6 Å². The minimum Gasteiger partial charge on any atom is -0.298 e. The van der Waals surface area contributed by atoms with E-state index < -0.39 is 0 Å². The number of benzene rings is 1. The predicted molar refractivity (Wildman–Crippen MR) is 84.3 cm³/mol. The molecule has 100 valence electrons. The summed E-state index contributed by atoms with van der Waals surface area (Å²) >= 11 is 3.38. The maximum absolute atomic E-state index is 12.0. The van der Waals surface area contributed by atoms with Crippen molar-refractivity contribution in [3.63, 3.8) is 0 Å². The van der Waals surface area contributed by atoms with E-state index in [4.69, 9.17) is 0 Å². The second-order valence-electron chi connectivity index (χ2n) is 4.54. The summed E-state index contributed by atoms with van der Waals surface area (Å²) in [5, 5.41) is 0. The van der Waals surface area contributed by atoms with Crippen LogP contribution in [0.2, 0.25) is 0 Å². The molecule has 0 N–H and O–H groups in total. The third-order valence-corrected chi connectivity index (χ3v) is 5.11. The lowest BCUT2D eigenvalue weighted by atomic mass is 10.2. The van der Waals surface area contributed by atoms with Gasteiger partial charge in [0.15, 0.2) is 0 Å². The summed E-state index contributed by atoms with van der Waals surface area (Å²) in [4.78, 5) is 15.7. The fourth-order valence-electron chi connectivity index (χ4n) is 1.82. The van der Waals surface area contributed by atoms with Crippen LogP contribution in [0.1, 0.15) is 22.2 Å². The van der Waals surface area contributed by atoms with E-state index in [0.29, 0.717) is 18.0 Å². The van der Waals surface area contributed by atoms with Crippen molar-refractivity contribution < 1.29 is 4.79 Å². The summed E-state index contributed by atoms with van der Waals surface area (Å²) in [7, 11) is 0. The molecule has 0 aliphatic heterocycles. The lowest BCUT2D eigenvalue weighted by Crippen LogP contribution is -2.04. The molecule has 0 aliphatic rings. The van der Waals surface area contributed by atoms with Crippen molar-refractivity contribution >= 4 is 28.9 Å². The van der Waals surface area contributed by atoms with E-state index in [9.17, 15) is 4.79 Å². The van der Waals surface area contributed by atoms with Crippen LogP contribution in [0.25, 0.3) is 0 Å². The molecule has 0 amide bonds. The van der Waals surface area contributed by atoms with Crippen LogP contribution < -0.4 is 0 Å². The molecule has 0 spiro atoms. The van der Waals surface area contributed by atoms with Crippen LogP contribution in [0.3, 0.4) is 0 Å². The Kier molecular flexibility index (Phi) is 5.23. The van der Waals surface area contributed by atoms with Gasteiger partial charge in [-0.25, -0.2) is 0 Å². The molecule has 2 aromatic rings. The number of Topliss-reactive ketones (excluding diaryl/α,β-unsaturated/α-hetero) is 1. The van der Waals surface area contributed by atoms with Crippen LogP contribution in [0, 0.1) is 6.92 Å². The Morgan fingerprint density at radius 3 is 2.68 bits per heavy atom. The van der Waals surface area contributed by atoms with Crippen molar-refractivity contribution in [3.8, 4) is 0 Å². The molecule has 0 saturated carbocycles. The minimum absolute atomic E-state index is 0.302. The molecule has 0 unspecified atom stereocenters. The number of thiophene rings is 1. The SMILES string of the molecule is CCc1ccc(CC(=O)CSc2cccc(C)c2)s1. The van der Waals surface area contributed by atoms with Crippen LogP contribution in [0.5, 0.6) is 0 Å². The Labute approximate surface area is 123 Å². The molecule has 0 saturated heterocycles. The van der Waals surface area contributed by atoms with Gasteiger partial charge < -0.3 is 0 Å². The van der Waals surface area contributed by atoms with Crippen molar-refractivity contribution in [3.05, 3.63) is 51.7 Å². The molecule has 2 rings (SSSR count). The zero-order valence-corrected chi connectivity index (χ0v) is 12.9. The average molecular weight is 290 g/mol. The van der Waals surface area contributed by atoms with Crippen molar-refractivity contribution in [2.75, 3.05) is 5.75 Å². The molecule has 1 nitrogen and oxygen atoms in total. The Hall–Kier alpha value is -1.06. The second kappa shape index (κ2) is 6.92. The first-order chi connectivity index (χ1) is 9.17. The van der Waals surface area contributed by atoms with Crippen molar-refractivity contribution in [2.24, 2.45) is 0 Å². The van der Waals surface area contributed by atoms with Crippen molar-refractivity contribution in [2.45, 2.75) is 31.6 Å². The molecule has 3 heteroatoms. The Morgan fingerprint density at radius 2 is 2.00 bits per heavy atom. The van der Waals surface area contributed by atoms with E-state index in [-0.39, 0.29) is 0 Å². The number of ketones is 1. The molecular weight excluding hydrogens is 272 g/mol. The summed E-state index contributed by atoms with van der Waals surface area (Å²) in [5.41, 5.74) is 1.24. The van der Waals surface area contributed by atoms with E-state index in [0.717, 1.165) is 6.42 Å². The Balaban J connectivity index is 1.84. The fraction of sp³-hybridized carbons (Fsp3) is 0.312. The highest BCUT2D eigenvalue weighted by atomic mass is 32.2. The first kappa shape index (κ1) is 14.4. The van der Waals surface area contributed by atoms with Crippen LogP contribution in [-0.2, 0) is 17.6 Å². The van der Waals surface area contributed by atoms with Gasteiger partial charge in [0.1, 0.15) is 5.78 Å². The van der Waals surface area contributed by atoms with Crippen LogP contribution >= 0.6 is 23.1 Å². The highest BCUT2D eigenvalue weighted by Gasteiger charge is 2.07. The Morgan fingerprint density at radius 1 is 1.21 bits per heavy atom. The number of rotatable bonds is 6. The van der Waals surface area contributed by atoms with Gasteiger partial charge in [0.05, 0.1) is 5.75 Å².